The lowest BCUT2D eigenvalue weighted by Crippen LogP contribution is -2.44. The zero-order chi connectivity index (χ0) is 13.5. The van der Waals surface area contributed by atoms with Crippen LogP contribution in [0.1, 0.15) is 27.2 Å². The molecule has 0 amide bonds. The molecule has 0 bridgehead atoms. The first-order valence-electron chi connectivity index (χ1n) is 5.81. The average molecular weight is 300 g/mol. The fourth-order valence-corrected chi connectivity index (χ4v) is 4.01. The molecular weight excluding hydrogens is 278 g/mol. The van der Waals surface area contributed by atoms with Crippen LogP contribution in [0.2, 0.25) is 18.1 Å². The van der Waals surface area contributed by atoms with Crippen LogP contribution in [0.4, 0.5) is 0 Å². The van der Waals surface area contributed by atoms with Gasteiger partial charge in [-0.2, -0.15) is 12.7 Å². The van der Waals surface area contributed by atoms with E-state index in [-0.39, 0.29) is 11.1 Å². The van der Waals surface area contributed by atoms with Crippen molar-refractivity contribution in [3.05, 3.63) is 0 Å². The molecule has 0 saturated carbocycles. The van der Waals surface area contributed by atoms with Gasteiger partial charge in [0.25, 0.3) is 9.24 Å². The maximum atomic E-state index is 11.2. The lowest BCUT2D eigenvalue weighted by molar-refractivity contribution is 0.194. The van der Waals surface area contributed by atoms with Gasteiger partial charge in [0.15, 0.2) is 8.32 Å². The summed E-state index contributed by atoms with van der Waals surface area (Å²) in [5.74, 6) is 0. The molecule has 1 unspecified atom stereocenters. The van der Waals surface area contributed by atoms with Gasteiger partial charge < -0.3 is 4.43 Å². The predicted molar refractivity (Wildman–Crippen MR) is 73.0 cm³/mol. The molecule has 1 aliphatic heterocycles. The molecule has 0 aromatic heterocycles. The van der Waals surface area contributed by atoms with Gasteiger partial charge in [-0.25, -0.2) is 0 Å². The average Bonchev–Trinajstić information content (AvgIpc) is 2.48. The summed E-state index contributed by atoms with van der Waals surface area (Å²) in [6.07, 6.45) is 0.725. The van der Waals surface area contributed by atoms with Gasteiger partial charge in [-0.05, 0) is 24.6 Å². The normalized spacial score (nSPS) is 24.2. The second-order valence-electron chi connectivity index (χ2n) is 6.09. The molecular formula is C10H22ClNO3SSi. The summed E-state index contributed by atoms with van der Waals surface area (Å²) in [5.41, 5.74) is 0. The molecule has 17 heavy (non-hydrogen) atoms. The lowest BCUT2D eigenvalue weighted by atomic mass is 10.2. The van der Waals surface area contributed by atoms with Crippen molar-refractivity contribution in [3.63, 3.8) is 0 Å². The Bertz CT molecular complexity index is 378. The van der Waals surface area contributed by atoms with Crippen molar-refractivity contribution in [1.29, 1.82) is 0 Å². The first kappa shape index (κ1) is 15.4. The number of hydrogen-bond acceptors (Lipinski definition) is 3. The van der Waals surface area contributed by atoms with E-state index in [9.17, 15) is 8.42 Å². The summed E-state index contributed by atoms with van der Waals surface area (Å²) in [7, 11) is -0.0889. The van der Waals surface area contributed by atoms with Crippen LogP contribution in [0.5, 0.6) is 0 Å². The third-order valence-corrected chi connectivity index (χ3v) is 9.75. The molecule has 4 nitrogen and oxygen atoms in total. The third-order valence-electron chi connectivity index (χ3n) is 3.68. The molecule has 0 spiro atoms. The minimum atomic E-state index is -3.59. The van der Waals surface area contributed by atoms with E-state index in [1.165, 1.54) is 4.31 Å². The van der Waals surface area contributed by atoms with Crippen molar-refractivity contribution in [2.24, 2.45) is 0 Å². The molecule has 7 heteroatoms. The van der Waals surface area contributed by atoms with E-state index < -0.39 is 17.6 Å². The maximum Gasteiger partial charge on any atom is 0.299 e. The van der Waals surface area contributed by atoms with Crippen molar-refractivity contribution < 1.29 is 12.8 Å². The number of hydrogen-bond donors (Lipinski definition) is 0. The first-order chi connectivity index (χ1) is 7.43. The highest BCUT2D eigenvalue weighted by Gasteiger charge is 2.41. The molecule has 0 N–H and O–H groups in total. The van der Waals surface area contributed by atoms with Crippen LogP contribution in [-0.2, 0) is 13.7 Å². The Morgan fingerprint density at radius 3 is 2.24 bits per heavy atom. The van der Waals surface area contributed by atoms with Crippen molar-refractivity contribution in [2.75, 3.05) is 13.1 Å². The largest absolute Gasteiger partial charge is 0.413 e. The Morgan fingerprint density at radius 1 is 1.35 bits per heavy atom. The summed E-state index contributed by atoms with van der Waals surface area (Å²) in [4.78, 5) is 0. The van der Waals surface area contributed by atoms with Gasteiger partial charge in [-0.1, -0.05) is 20.8 Å². The highest BCUT2D eigenvalue weighted by atomic mass is 35.7. The molecule has 1 fully saturated rings. The van der Waals surface area contributed by atoms with E-state index >= 15 is 0 Å². The van der Waals surface area contributed by atoms with Crippen molar-refractivity contribution in [2.45, 2.75) is 51.4 Å². The minimum Gasteiger partial charge on any atom is -0.413 e. The van der Waals surface area contributed by atoms with Crippen LogP contribution in [0, 0.1) is 0 Å². The van der Waals surface area contributed by atoms with Crippen molar-refractivity contribution in [1.82, 2.24) is 4.31 Å². The van der Waals surface area contributed by atoms with E-state index in [1.807, 2.05) is 0 Å². The molecule has 1 rings (SSSR count). The minimum absolute atomic E-state index is 0.00980. The molecule has 1 atom stereocenters. The summed E-state index contributed by atoms with van der Waals surface area (Å²) in [6.45, 7) is 11.7. The van der Waals surface area contributed by atoms with Crippen LogP contribution in [0.25, 0.3) is 0 Å². The highest BCUT2D eigenvalue weighted by Crippen LogP contribution is 2.38. The Morgan fingerprint density at radius 2 is 1.88 bits per heavy atom. The SMILES string of the molecule is CC(C)(C)[Si](C)(C)OC1CCN(S(=O)(=O)Cl)C1. The topological polar surface area (TPSA) is 46.6 Å². The van der Waals surface area contributed by atoms with Crippen LogP contribution >= 0.6 is 10.7 Å². The number of halogens is 1. The van der Waals surface area contributed by atoms with Crippen LogP contribution in [0.15, 0.2) is 0 Å². The second kappa shape index (κ2) is 4.81. The predicted octanol–water partition coefficient (Wildman–Crippen LogP) is 2.57. The quantitative estimate of drug-likeness (QED) is 0.594. The van der Waals surface area contributed by atoms with Crippen LogP contribution in [0.3, 0.4) is 0 Å². The van der Waals surface area contributed by atoms with E-state index in [2.05, 4.69) is 33.9 Å². The van der Waals surface area contributed by atoms with E-state index in [0.717, 1.165) is 6.42 Å². The summed E-state index contributed by atoms with van der Waals surface area (Å²) >= 11 is 0. The summed E-state index contributed by atoms with van der Waals surface area (Å²) < 4.78 is 29.8. The highest BCUT2D eigenvalue weighted by molar-refractivity contribution is 8.11. The van der Waals surface area contributed by atoms with Crippen molar-refractivity contribution >= 4 is 28.2 Å². The lowest BCUT2D eigenvalue weighted by Gasteiger charge is -2.38. The Hall–Kier alpha value is 0.377. The fraction of sp³-hybridized carbons (Fsp3) is 1.00. The molecule has 102 valence electrons. The van der Waals surface area contributed by atoms with Gasteiger partial charge in [0.2, 0.25) is 0 Å². The molecule has 0 aromatic carbocycles. The maximum absolute atomic E-state index is 11.2. The smallest absolute Gasteiger partial charge is 0.299 e. The molecule has 0 aliphatic carbocycles. The van der Waals surface area contributed by atoms with Gasteiger partial charge in [0, 0.05) is 23.8 Å². The Balaban J connectivity index is 2.63. The summed E-state index contributed by atoms with van der Waals surface area (Å²) in [6, 6.07) is 0. The zero-order valence-electron chi connectivity index (χ0n) is 11.2. The number of rotatable bonds is 3. The Labute approximate surface area is 110 Å². The first-order valence-corrected chi connectivity index (χ1v) is 11.0. The molecule has 1 saturated heterocycles. The Kier molecular flexibility index (Phi) is 4.37. The van der Waals surface area contributed by atoms with Gasteiger partial charge >= 0.3 is 0 Å². The molecule has 0 radical (unpaired) electrons. The van der Waals surface area contributed by atoms with Crippen LogP contribution < -0.4 is 0 Å². The molecule has 1 aliphatic rings. The number of nitrogens with zero attached hydrogens (tertiary/aromatic N) is 1. The zero-order valence-corrected chi connectivity index (χ0v) is 13.7. The summed E-state index contributed by atoms with van der Waals surface area (Å²) in [5, 5.41) is 0.139. The van der Waals surface area contributed by atoms with E-state index in [1.54, 1.807) is 0 Å². The second-order valence-corrected chi connectivity index (χ2v) is 13.4. The van der Waals surface area contributed by atoms with Gasteiger partial charge in [0.05, 0.1) is 6.10 Å². The molecule has 1 heterocycles. The monoisotopic (exact) mass is 299 g/mol. The van der Waals surface area contributed by atoms with Gasteiger partial charge in [-0.3, -0.25) is 0 Å². The molecule has 0 aromatic rings. The van der Waals surface area contributed by atoms with E-state index in [0.29, 0.717) is 13.1 Å². The standard InChI is InChI=1S/C10H22ClNO3SSi/c1-10(2,3)17(4,5)15-9-6-7-12(8-9)16(11,13)14/h9H,6-8H2,1-5H3. The van der Waals surface area contributed by atoms with E-state index in [4.69, 9.17) is 15.1 Å². The third kappa shape index (κ3) is 3.92. The van der Waals surface area contributed by atoms with Gasteiger partial charge in [0.1, 0.15) is 0 Å². The van der Waals surface area contributed by atoms with Crippen molar-refractivity contribution in [3.8, 4) is 0 Å². The van der Waals surface area contributed by atoms with Gasteiger partial charge in [-0.15, -0.1) is 0 Å². The van der Waals surface area contributed by atoms with Crippen LogP contribution in [-0.4, -0.2) is 40.2 Å². The fourth-order valence-electron chi connectivity index (χ4n) is 1.59.